The number of aromatic amines is 1. The second-order valence-corrected chi connectivity index (χ2v) is 8.26. The van der Waals surface area contributed by atoms with Crippen LogP contribution in [0.3, 0.4) is 0 Å². The van der Waals surface area contributed by atoms with Crippen LogP contribution in [0.2, 0.25) is 0 Å². The van der Waals surface area contributed by atoms with E-state index in [0.29, 0.717) is 18.4 Å². The van der Waals surface area contributed by atoms with Gasteiger partial charge in [0.15, 0.2) is 5.82 Å². The standard InChI is InChI=1S/C19H28N6O/c1-26-7-6-25-10-13(8-20-25)9-24-11-16(14-2-3-14)17(12-24)19-21-18(22-23-19)15-4-5-15/h8,10,14-17H,2-7,9,11-12H2,1H3,(H,21,22,23)/t16-,17+/m1/s1. The maximum absolute atomic E-state index is 5.13. The molecule has 3 heterocycles. The number of H-pyrrole nitrogens is 1. The number of nitrogens with zero attached hydrogens (tertiary/aromatic N) is 5. The molecule has 3 fully saturated rings. The van der Waals surface area contributed by atoms with E-state index in [1.807, 2.05) is 10.9 Å². The lowest BCUT2D eigenvalue weighted by atomic mass is 9.91. The van der Waals surface area contributed by atoms with Gasteiger partial charge in [0.25, 0.3) is 0 Å². The molecular formula is C19H28N6O. The fourth-order valence-electron chi connectivity index (χ4n) is 4.37. The van der Waals surface area contributed by atoms with Crippen molar-refractivity contribution >= 4 is 0 Å². The summed E-state index contributed by atoms with van der Waals surface area (Å²) in [6, 6.07) is 0. The van der Waals surface area contributed by atoms with E-state index < -0.39 is 0 Å². The third-order valence-corrected chi connectivity index (χ3v) is 6.10. The molecule has 0 spiro atoms. The number of likely N-dealkylation sites (tertiary alicyclic amines) is 1. The molecule has 2 saturated carbocycles. The predicted octanol–water partition coefficient (Wildman–Crippen LogP) is 2.15. The molecule has 0 aromatic carbocycles. The first-order chi connectivity index (χ1) is 12.8. The summed E-state index contributed by atoms with van der Waals surface area (Å²) in [5.41, 5.74) is 1.28. The molecule has 2 aromatic rings. The van der Waals surface area contributed by atoms with Crippen molar-refractivity contribution in [1.82, 2.24) is 29.9 Å². The summed E-state index contributed by atoms with van der Waals surface area (Å²) in [5, 5.41) is 12.2. The fraction of sp³-hybridized carbons (Fsp3) is 0.737. The van der Waals surface area contributed by atoms with Crippen molar-refractivity contribution in [3.05, 3.63) is 29.6 Å². The summed E-state index contributed by atoms with van der Waals surface area (Å²) in [6.45, 7) is 4.72. The molecule has 0 amide bonds. The van der Waals surface area contributed by atoms with E-state index in [-0.39, 0.29) is 0 Å². The van der Waals surface area contributed by atoms with Crippen molar-refractivity contribution in [3.63, 3.8) is 0 Å². The minimum Gasteiger partial charge on any atom is -0.383 e. The number of hydrogen-bond acceptors (Lipinski definition) is 5. The van der Waals surface area contributed by atoms with Gasteiger partial charge in [-0.2, -0.15) is 10.2 Å². The molecule has 0 unspecified atom stereocenters. The monoisotopic (exact) mass is 356 g/mol. The third kappa shape index (κ3) is 3.42. The fourth-order valence-corrected chi connectivity index (χ4v) is 4.37. The first kappa shape index (κ1) is 16.4. The molecule has 140 valence electrons. The summed E-state index contributed by atoms with van der Waals surface area (Å²) >= 11 is 0. The minimum atomic E-state index is 0.506. The zero-order chi connectivity index (χ0) is 17.5. The Morgan fingerprint density at radius 1 is 1.23 bits per heavy atom. The van der Waals surface area contributed by atoms with E-state index >= 15 is 0 Å². The number of ether oxygens (including phenoxy) is 1. The second-order valence-electron chi connectivity index (χ2n) is 8.26. The SMILES string of the molecule is COCCn1cc(CN2C[C@H](c3nc(C4CC4)n[nH]3)[C@@H](C3CC3)C2)cn1. The van der Waals surface area contributed by atoms with E-state index in [9.17, 15) is 0 Å². The molecule has 1 aliphatic heterocycles. The van der Waals surface area contributed by atoms with Crippen LogP contribution in [-0.4, -0.2) is 56.7 Å². The summed E-state index contributed by atoms with van der Waals surface area (Å²) in [4.78, 5) is 7.44. The Labute approximate surface area is 154 Å². The Kier molecular flexibility index (Phi) is 4.29. The lowest BCUT2D eigenvalue weighted by Gasteiger charge is -2.14. The number of rotatable bonds is 8. The lowest BCUT2D eigenvalue weighted by molar-refractivity contribution is 0.183. The molecule has 26 heavy (non-hydrogen) atoms. The van der Waals surface area contributed by atoms with E-state index in [1.54, 1.807) is 7.11 Å². The van der Waals surface area contributed by atoms with Gasteiger partial charge in [-0.1, -0.05) is 0 Å². The van der Waals surface area contributed by atoms with E-state index in [1.165, 1.54) is 31.2 Å². The van der Waals surface area contributed by atoms with Gasteiger partial charge in [-0.15, -0.1) is 0 Å². The Morgan fingerprint density at radius 3 is 2.88 bits per heavy atom. The maximum atomic E-state index is 5.13. The van der Waals surface area contributed by atoms with Crippen LogP contribution in [0.25, 0.3) is 0 Å². The van der Waals surface area contributed by atoms with Crippen LogP contribution >= 0.6 is 0 Å². The van der Waals surface area contributed by atoms with Crippen LogP contribution in [0.1, 0.15) is 54.7 Å². The third-order valence-electron chi connectivity index (χ3n) is 6.10. The highest BCUT2D eigenvalue weighted by Gasteiger charge is 2.44. The van der Waals surface area contributed by atoms with E-state index in [0.717, 1.165) is 49.7 Å². The van der Waals surface area contributed by atoms with Crippen molar-refractivity contribution in [2.75, 3.05) is 26.8 Å². The van der Waals surface area contributed by atoms with Crippen LogP contribution in [0.5, 0.6) is 0 Å². The average molecular weight is 356 g/mol. The second kappa shape index (κ2) is 6.78. The molecule has 5 rings (SSSR count). The van der Waals surface area contributed by atoms with Gasteiger partial charge >= 0.3 is 0 Å². The first-order valence-electron chi connectivity index (χ1n) is 9.95. The highest BCUT2D eigenvalue weighted by Crippen LogP contribution is 2.47. The Hall–Kier alpha value is -1.73. The van der Waals surface area contributed by atoms with Gasteiger partial charge in [0.2, 0.25) is 0 Å². The molecule has 2 aromatic heterocycles. The lowest BCUT2D eigenvalue weighted by Crippen LogP contribution is -2.20. The van der Waals surface area contributed by atoms with Crippen molar-refractivity contribution in [2.45, 2.75) is 50.6 Å². The molecule has 7 heteroatoms. The summed E-state index contributed by atoms with van der Waals surface area (Å²) in [7, 11) is 1.73. The van der Waals surface area contributed by atoms with Crippen molar-refractivity contribution in [3.8, 4) is 0 Å². The molecule has 1 saturated heterocycles. The summed E-state index contributed by atoms with van der Waals surface area (Å²) < 4.78 is 7.11. The van der Waals surface area contributed by atoms with Gasteiger partial charge in [0.05, 0.1) is 19.3 Å². The number of aromatic nitrogens is 5. The van der Waals surface area contributed by atoms with Crippen LogP contribution < -0.4 is 0 Å². The van der Waals surface area contributed by atoms with Crippen molar-refractivity contribution in [1.29, 1.82) is 0 Å². The normalized spacial score (nSPS) is 26.7. The van der Waals surface area contributed by atoms with Gasteiger partial charge in [-0.05, 0) is 37.5 Å². The van der Waals surface area contributed by atoms with Crippen LogP contribution in [0.15, 0.2) is 12.4 Å². The van der Waals surface area contributed by atoms with Gasteiger partial charge in [-0.25, -0.2) is 4.98 Å². The average Bonchev–Trinajstić information content (AvgIpc) is 3.55. The molecule has 0 radical (unpaired) electrons. The maximum Gasteiger partial charge on any atom is 0.153 e. The van der Waals surface area contributed by atoms with Gasteiger partial charge in [0.1, 0.15) is 5.82 Å². The molecule has 1 N–H and O–H groups in total. The molecular weight excluding hydrogens is 328 g/mol. The summed E-state index contributed by atoms with van der Waals surface area (Å²) in [5.74, 6) is 4.90. The van der Waals surface area contributed by atoms with Gasteiger partial charge in [-0.3, -0.25) is 14.7 Å². The Morgan fingerprint density at radius 2 is 2.12 bits per heavy atom. The molecule has 2 atom stereocenters. The Bertz CT molecular complexity index is 747. The van der Waals surface area contributed by atoms with Crippen molar-refractivity contribution < 1.29 is 4.74 Å². The number of methoxy groups -OCH3 is 1. The number of nitrogens with one attached hydrogen (secondary N) is 1. The zero-order valence-electron chi connectivity index (χ0n) is 15.5. The molecule has 7 nitrogen and oxygen atoms in total. The largest absolute Gasteiger partial charge is 0.383 e. The summed E-state index contributed by atoms with van der Waals surface area (Å²) in [6.07, 6.45) is 9.43. The van der Waals surface area contributed by atoms with Gasteiger partial charge < -0.3 is 4.74 Å². The first-order valence-corrected chi connectivity index (χ1v) is 9.95. The number of hydrogen-bond donors (Lipinski definition) is 1. The zero-order valence-corrected chi connectivity index (χ0v) is 15.5. The highest BCUT2D eigenvalue weighted by atomic mass is 16.5. The quantitative estimate of drug-likeness (QED) is 0.785. The minimum absolute atomic E-state index is 0.506. The Balaban J connectivity index is 1.26. The van der Waals surface area contributed by atoms with E-state index in [2.05, 4.69) is 26.4 Å². The molecule has 3 aliphatic rings. The van der Waals surface area contributed by atoms with Crippen molar-refractivity contribution in [2.24, 2.45) is 11.8 Å². The van der Waals surface area contributed by atoms with E-state index in [4.69, 9.17) is 9.72 Å². The van der Waals surface area contributed by atoms with Crippen LogP contribution in [0.4, 0.5) is 0 Å². The molecule has 2 aliphatic carbocycles. The predicted molar refractivity (Wildman–Crippen MR) is 96.7 cm³/mol. The molecule has 0 bridgehead atoms. The topological polar surface area (TPSA) is 71.9 Å². The highest BCUT2D eigenvalue weighted by molar-refractivity contribution is 5.13. The van der Waals surface area contributed by atoms with Crippen LogP contribution in [-0.2, 0) is 17.8 Å². The van der Waals surface area contributed by atoms with Gasteiger partial charge in [0, 0.05) is 50.3 Å². The smallest absolute Gasteiger partial charge is 0.153 e. The van der Waals surface area contributed by atoms with Crippen LogP contribution in [0, 0.1) is 11.8 Å².